The minimum absolute atomic E-state index is 0.0290. The summed E-state index contributed by atoms with van der Waals surface area (Å²) in [5, 5.41) is 2.42. The lowest BCUT2D eigenvalue weighted by molar-refractivity contribution is 0.265. The van der Waals surface area contributed by atoms with Crippen LogP contribution in [0.4, 0.5) is 14.9 Å². The number of rotatable bonds is 2. The van der Waals surface area contributed by atoms with Crippen LogP contribution in [0.5, 0.6) is 0 Å². The van der Waals surface area contributed by atoms with Crippen LogP contribution in [-0.4, -0.2) is 21.0 Å². The van der Waals surface area contributed by atoms with Crippen molar-refractivity contribution in [1.29, 1.82) is 0 Å². The predicted octanol–water partition coefficient (Wildman–Crippen LogP) is 4.95. The van der Waals surface area contributed by atoms with Crippen LogP contribution in [0.3, 0.4) is 0 Å². The Labute approximate surface area is 157 Å². The SMILES string of the molecule is O=C1NC(=Nc2ccc(F)c(Cl)c2)/C(=C/c2cccc3nccnc23)S1. The maximum Gasteiger partial charge on any atom is 0.289 e. The molecule has 2 aromatic carbocycles. The van der Waals surface area contributed by atoms with E-state index in [1.165, 1.54) is 18.2 Å². The molecular weight excluding hydrogens is 375 g/mol. The highest BCUT2D eigenvalue weighted by Crippen LogP contribution is 2.30. The van der Waals surface area contributed by atoms with Crippen LogP contribution in [0, 0.1) is 5.82 Å². The van der Waals surface area contributed by atoms with Crippen LogP contribution in [-0.2, 0) is 0 Å². The van der Waals surface area contributed by atoms with Gasteiger partial charge in [0.2, 0.25) is 0 Å². The van der Waals surface area contributed by atoms with Gasteiger partial charge in [-0.25, -0.2) is 9.38 Å². The number of amidine groups is 1. The van der Waals surface area contributed by atoms with Crippen molar-refractivity contribution in [2.75, 3.05) is 0 Å². The molecular formula is C18H10ClFN4OS. The molecule has 26 heavy (non-hydrogen) atoms. The normalized spacial score (nSPS) is 17.2. The summed E-state index contributed by atoms with van der Waals surface area (Å²) in [6.07, 6.45) is 5.06. The van der Waals surface area contributed by atoms with Crippen molar-refractivity contribution < 1.29 is 9.18 Å². The molecule has 1 N–H and O–H groups in total. The molecule has 0 radical (unpaired) electrons. The quantitative estimate of drug-likeness (QED) is 0.678. The summed E-state index contributed by atoms with van der Waals surface area (Å²) < 4.78 is 13.3. The van der Waals surface area contributed by atoms with Gasteiger partial charge in [0.05, 0.1) is 26.6 Å². The van der Waals surface area contributed by atoms with Crippen molar-refractivity contribution in [3.05, 3.63) is 70.1 Å². The molecule has 0 unspecified atom stereocenters. The summed E-state index contributed by atoms with van der Waals surface area (Å²) in [5.74, 6) is -0.144. The maximum absolute atomic E-state index is 13.3. The number of carbonyl (C=O) groups excluding carboxylic acids is 1. The lowest BCUT2D eigenvalue weighted by Gasteiger charge is -2.03. The standard InChI is InChI=1S/C18H10ClFN4OS/c19-12-9-11(4-5-13(12)20)23-17-15(26-18(25)24-17)8-10-2-1-3-14-16(10)22-7-6-21-14/h1-9H,(H,23,24,25)/b15-8-. The Morgan fingerprint density at radius 2 is 2.04 bits per heavy atom. The minimum atomic E-state index is -0.523. The molecule has 3 aromatic rings. The summed E-state index contributed by atoms with van der Waals surface area (Å²) >= 11 is 6.82. The van der Waals surface area contributed by atoms with Gasteiger partial charge in [-0.05, 0) is 42.1 Å². The monoisotopic (exact) mass is 384 g/mol. The van der Waals surface area contributed by atoms with Crippen molar-refractivity contribution in [1.82, 2.24) is 15.3 Å². The van der Waals surface area contributed by atoms with Crippen molar-refractivity contribution >= 4 is 57.2 Å². The van der Waals surface area contributed by atoms with Gasteiger partial charge in [-0.2, -0.15) is 0 Å². The van der Waals surface area contributed by atoms with Gasteiger partial charge in [0.25, 0.3) is 5.24 Å². The highest BCUT2D eigenvalue weighted by Gasteiger charge is 2.24. The third-order valence-corrected chi connectivity index (χ3v) is 4.73. The van der Waals surface area contributed by atoms with Gasteiger partial charge in [-0.15, -0.1) is 0 Å². The lowest BCUT2D eigenvalue weighted by atomic mass is 10.1. The first-order chi connectivity index (χ1) is 12.6. The molecule has 0 saturated carbocycles. The number of carbonyl (C=O) groups is 1. The molecule has 128 valence electrons. The first-order valence-corrected chi connectivity index (χ1v) is 8.74. The fraction of sp³-hybridized carbons (Fsp3) is 0. The van der Waals surface area contributed by atoms with Crippen LogP contribution in [0.2, 0.25) is 5.02 Å². The number of nitrogens with one attached hydrogen (secondary N) is 1. The summed E-state index contributed by atoms with van der Waals surface area (Å²) in [6.45, 7) is 0. The number of hydrogen-bond donors (Lipinski definition) is 1. The van der Waals surface area contributed by atoms with Crippen molar-refractivity contribution in [2.45, 2.75) is 0 Å². The van der Waals surface area contributed by atoms with E-state index in [0.29, 0.717) is 16.4 Å². The summed E-state index contributed by atoms with van der Waals surface area (Å²) in [5.41, 5.74) is 2.75. The summed E-state index contributed by atoms with van der Waals surface area (Å²) in [7, 11) is 0. The Morgan fingerprint density at radius 1 is 1.19 bits per heavy atom. The van der Waals surface area contributed by atoms with E-state index < -0.39 is 5.82 Å². The number of halogens is 2. The number of benzene rings is 2. The third kappa shape index (κ3) is 3.31. The Hall–Kier alpha value is -2.77. The number of nitrogens with zero attached hydrogens (tertiary/aromatic N) is 3. The average Bonchev–Trinajstić information content (AvgIpc) is 2.97. The molecule has 8 heteroatoms. The zero-order chi connectivity index (χ0) is 18.1. The molecule has 1 amide bonds. The van der Waals surface area contributed by atoms with Gasteiger partial charge in [0.15, 0.2) is 0 Å². The molecule has 1 aliphatic rings. The van der Waals surface area contributed by atoms with Crippen molar-refractivity contribution in [2.24, 2.45) is 4.99 Å². The van der Waals surface area contributed by atoms with Gasteiger partial charge in [-0.3, -0.25) is 14.8 Å². The summed E-state index contributed by atoms with van der Waals surface area (Å²) in [6, 6.07) is 9.75. The molecule has 2 heterocycles. The van der Waals surface area contributed by atoms with Gasteiger partial charge < -0.3 is 5.32 Å². The maximum atomic E-state index is 13.3. The van der Waals surface area contributed by atoms with Gasteiger partial charge in [-0.1, -0.05) is 23.7 Å². The van der Waals surface area contributed by atoms with E-state index in [1.807, 2.05) is 24.3 Å². The number of aliphatic imine (C=N–C) groups is 1. The fourth-order valence-corrected chi connectivity index (χ4v) is 3.37. The third-order valence-electron chi connectivity index (χ3n) is 3.62. The second-order valence-corrected chi connectivity index (χ2v) is 6.78. The zero-order valence-corrected chi connectivity index (χ0v) is 14.7. The van der Waals surface area contributed by atoms with Crippen LogP contribution < -0.4 is 5.32 Å². The van der Waals surface area contributed by atoms with E-state index >= 15 is 0 Å². The molecule has 0 atom stereocenters. The lowest BCUT2D eigenvalue weighted by Crippen LogP contribution is -2.18. The first kappa shape index (κ1) is 16.7. The second kappa shape index (κ2) is 6.86. The van der Waals surface area contributed by atoms with Crippen LogP contribution in [0.1, 0.15) is 5.56 Å². The molecule has 1 saturated heterocycles. The predicted molar refractivity (Wildman–Crippen MR) is 102 cm³/mol. The molecule has 0 aliphatic carbocycles. The number of hydrogen-bond acceptors (Lipinski definition) is 5. The second-order valence-electron chi connectivity index (χ2n) is 5.35. The Kier molecular flexibility index (Phi) is 4.40. The highest BCUT2D eigenvalue weighted by atomic mass is 35.5. The first-order valence-electron chi connectivity index (χ1n) is 7.54. The van der Waals surface area contributed by atoms with E-state index in [2.05, 4.69) is 20.3 Å². The zero-order valence-electron chi connectivity index (χ0n) is 13.1. The number of amides is 1. The largest absolute Gasteiger partial charge is 0.300 e. The topological polar surface area (TPSA) is 67.2 Å². The van der Waals surface area contributed by atoms with Gasteiger partial charge >= 0.3 is 0 Å². The van der Waals surface area contributed by atoms with Crippen LogP contribution >= 0.6 is 23.4 Å². The molecule has 5 nitrogen and oxygen atoms in total. The number of fused-ring (bicyclic) bond motifs is 1. The highest BCUT2D eigenvalue weighted by molar-refractivity contribution is 8.18. The smallest absolute Gasteiger partial charge is 0.289 e. The Morgan fingerprint density at radius 3 is 2.88 bits per heavy atom. The molecule has 1 aliphatic heterocycles. The van der Waals surface area contributed by atoms with Crippen LogP contribution in [0.15, 0.2) is 58.7 Å². The van der Waals surface area contributed by atoms with E-state index in [9.17, 15) is 9.18 Å². The van der Waals surface area contributed by atoms with E-state index in [4.69, 9.17) is 11.6 Å². The molecule has 1 fully saturated rings. The van der Waals surface area contributed by atoms with Crippen molar-refractivity contribution in [3.8, 4) is 0 Å². The molecule has 4 rings (SSSR count). The average molecular weight is 385 g/mol. The molecule has 0 spiro atoms. The molecule has 1 aromatic heterocycles. The van der Waals surface area contributed by atoms with E-state index in [0.717, 1.165) is 28.4 Å². The number of thioether (sulfide) groups is 1. The Balaban J connectivity index is 1.78. The van der Waals surface area contributed by atoms with Crippen molar-refractivity contribution in [3.63, 3.8) is 0 Å². The number of para-hydroxylation sites is 1. The van der Waals surface area contributed by atoms with Gasteiger partial charge in [0, 0.05) is 18.0 Å². The van der Waals surface area contributed by atoms with E-state index in [-0.39, 0.29) is 10.3 Å². The number of aromatic nitrogens is 2. The summed E-state index contributed by atoms with van der Waals surface area (Å²) in [4.78, 5) is 25.5. The van der Waals surface area contributed by atoms with Gasteiger partial charge in [0.1, 0.15) is 11.7 Å². The fourth-order valence-electron chi connectivity index (χ4n) is 2.47. The Bertz CT molecular complexity index is 1090. The van der Waals surface area contributed by atoms with E-state index in [1.54, 1.807) is 12.4 Å². The van der Waals surface area contributed by atoms with Crippen LogP contribution in [0.25, 0.3) is 17.1 Å². The minimum Gasteiger partial charge on any atom is -0.300 e. The molecule has 0 bridgehead atoms.